The molecule has 0 spiro atoms. The summed E-state index contributed by atoms with van der Waals surface area (Å²) < 4.78 is 27.2. The maximum absolute atomic E-state index is 13.5. The third-order valence-corrected chi connectivity index (χ3v) is 2.75. The van der Waals surface area contributed by atoms with E-state index >= 15 is 0 Å². The number of aliphatic hydroxyl groups is 1. The predicted octanol–water partition coefficient (Wildman–Crippen LogP) is 3.20. The van der Waals surface area contributed by atoms with Crippen LogP contribution in [0.1, 0.15) is 17.2 Å². The second kappa shape index (κ2) is 4.89. The molecule has 0 radical (unpaired) electrons. The first kappa shape index (κ1) is 12.1. The van der Waals surface area contributed by atoms with Crippen LogP contribution in [0.5, 0.6) is 0 Å². The summed E-state index contributed by atoms with van der Waals surface area (Å²) in [6, 6.07) is 5.29. The van der Waals surface area contributed by atoms with E-state index < -0.39 is 17.7 Å². The largest absolute Gasteiger partial charge is 0.383 e. The topological polar surface area (TPSA) is 33.1 Å². The third kappa shape index (κ3) is 2.50. The van der Waals surface area contributed by atoms with Gasteiger partial charge in [-0.2, -0.15) is 0 Å². The highest BCUT2D eigenvalue weighted by Gasteiger charge is 2.17. The zero-order valence-corrected chi connectivity index (χ0v) is 10.2. The van der Waals surface area contributed by atoms with Crippen molar-refractivity contribution >= 4 is 15.9 Å². The molecule has 2 rings (SSSR count). The average Bonchev–Trinajstić information content (AvgIpc) is 2.32. The van der Waals surface area contributed by atoms with Crippen molar-refractivity contribution in [2.75, 3.05) is 0 Å². The molecule has 1 aromatic carbocycles. The summed E-state index contributed by atoms with van der Waals surface area (Å²) in [5.74, 6) is -2.02. The molecule has 0 bridgehead atoms. The number of pyridine rings is 1. The monoisotopic (exact) mass is 299 g/mol. The highest BCUT2D eigenvalue weighted by Crippen LogP contribution is 2.26. The van der Waals surface area contributed by atoms with Crippen LogP contribution in [-0.4, -0.2) is 10.1 Å². The lowest BCUT2D eigenvalue weighted by molar-refractivity contribution is 0.213. The molecule has 0 saturated carbocycles. The molecule has 1 N–H and O–H groups in total. The fraction of sp³-hybridized carbons (Fsp3) is 0.0833. The number of aliphatic hydroxyl groups excluding tert-OH is 1. The summed E-state index contributed by atoms with van der Waals surface area (Å²) in [4.78, 5) is 3.86. The summed E-state index contributed by atoms with van der Waals surface area (Å²) in [5.41, 5.74) is 0.286. The van der Waals surface area contributed by atoms with Gasteiger partial charge in [0.05, 0.1) is 0 Å². The number of halogens is 3. The molecule has 0 aliphatic carbocycles. The van der Waals surface area contributed by atoms with Crippen LogP contribution in [0.15, 0.2) is 41.1 Å². The van der Waals surface area contributed by atoms with E-state index in [1.807, 2.05) is 0 Å². The molecule has 0 fully saturated rings. The Labute approximate surface area is 105 Å². The highest BCUT2D eigenvalue weighted by molar-refractivity contribution is 9.10. The Kier molecular flexibility index (Phi) is 3.49. The fourth-order valence-corrected chi connectivity index (χ4v) is 1.87. The van der Waals surface area contributed by atoms with Crippen LogP contribution in [0, 0.1) is 11.6 Å². The minimum absolute atomic E-state index is 0.107. The Hall–Kier alpha value is -1.33. The fourth-order valence-electron chi connectivity index (χ4n) is 1.49. The van der Waals surface area contributed by atoms with E-state index in [0.29, 0.717) is 10.0 Å². The molecule has 1 heterocycles. The lowest BCUT2D eigenvalue weighted by atomic mass is 10.0. The van der Waals surface area contributed by atoms with Gasteiger partial charge >= 0.3 is 0 Å². The van der Waals surface area contributed by atoms with E-state index in [2.05, 4.69) is 20.9 Å². The van der Waals surface area contributed by atoms with Crippen LogP contribution in [0.2, 0.25) is 0 Å². The molecule has 1 atom stereocenters. The normalized spacial score (nSPS) is 12.5. The van der Waals surface area contributed by atoms with Crippen LogP contribution in [0.3, 0.4) is 0 Å². The number of hydrogen-bond donors (Lipinski definition) is 1. The van der Waals surface area contributed by atoms with Gasteiger partial charge in [0.1, 0.15) is 6.10 Å². The Morgan fingerprint density at radius 1 is 1.24 bits per heavy atom. The summed E-state index contributed by atoms with van der Waals surface area (Å²) in [6.07, 6.45) is 1.70. The SMILES string of the molecule is OC(c1cncc(Br)c1)c1cccc(F)c1F. The Morgan fingerprint density at radius 2 is 2.00 bits per heavy atom. The van der Waals surface area contributed by atoms with Gasteiger partial charge in [-0.25, -0.2) is 8.78 Å². The van der Waals surface area contributed by atoms with Crippen molar-refractivity contribution < 1.29 is 13.9 Å². The van der Waals surface area contributed by atoms with Crippen LogP contribution in [-0.2, 0) is 0 Å². The van der Waals surface area contributed by atoms with Crippen LogP contribution in [0.25, 0.3) is 0 Å². The van der Waals surface area contributed by atoms with E-state index in [1.165, 1.54) is 24.5 Å². The summed E-state index contributed by atoms with van der Waals surface area (Å²) >= 11 is 3.19. The Bertz CT molecular complexity index is 548. The lowest BCUT2D eigenvalue weighted by Gasteiger charge is -2.12. The van der Waals surface area contributed by atoms with Gasteiger partial charge in [0.15, 0.2) is 11.6 Å². The van der Waals surface area contributed by atoms with Crippen molar-refractivity contribution in [1.82, 2.24) is 4.98 Å². The number of nitrogens with zero attached hydrogens (tertiary/aromatic N) is 1. The molecule has 0 aliphatic heterocycles. The van der Waals surface area contributed by atoms with Crippen LogP contribution < -0.4 is 0 Å². The van der Waals surface area contributed by atoms with E-state index in [4.69, 9.17) is 0 Å². The van der Waals surface area contributed by atoms with Crippen LogP contribution in [0.4, 0.5) is 8.78 Å². The van der Waals surface area contributed by atoms with Gasteiger partial charge < -0.3 is 5.11 Å². The minimum Gasteiger partial charge on any atom is -0.383 e. The summed E-state index contributed by atoms with van der Waals surface area (Å²) in [5, 5.41) is 9.95. The van der Waals surface area contributed by atoms with Gasteiger partial charge in [0, 0.05) is 28.0 Å². The molecule has 1 aromatic heterocycles. The van der Waals surface area contributed by atoms with E-state index in [0.717, 1.165) is 6.07 Å². The standard InChI is InChI=1S/C12H8BrF2NO/c13-8-4-7(5-16-6-8)12(17)9-2-1-3-10(14)11(9)15/h1-6,12,17H. The van der Waals surface area contributed by atoms with Crippen LogP contribution >= 0.6 is 15.9 Å². The molecule has 1 unspecified atom stereocenters. The average molecular weight is 300 g/mol. The zero-order valence-electron chi connectivity index (χ0n) is 8.57. The minimum atomic E-state index is -1.24. The van der Waals surface area contributed by atoms with Gasteiger partial charge in [-0.1, -0.05) is 12.1 Å². The maximum Gasteiger partial charge on any atom is 0.164 e. The van der Waals surface area contributed by atoms with Crippen molar-refractivity contribution in [2.24, 2.45) is 0 Å². The van der Waals surface area contributed by atoms with Gasteiger partial charge in [-0.15, -0.1) is 0 Å². The molecule has 2 aromatic rings. The first-order valence-electron chi connectivity index (χ1n) is 4.82. The van der Waals surface area contributed by atoms with Crippen molar-refractivity contribution in [3.8, 4) is 0 Å². The Balaban J connectivity index is 2.44. The summed E-state index contributed by atoms with van der Waals surface area (Å²) in [7, 11) is 0. The Morgan fingerprint density at radius 3 is 2.71 bits per heavy atom. The molecule has 17 heavy (non-hydrogen) atoms. The van der Waals surface area contributed by atoms with E-state index in [-0.39, 0.29) is 5.56 Å². The maximum atomic E-state index is 13.5. The quantitative estimate of drug-likeness (QED) is 0.924. The molecule has 88 valence electrons. The molecule has 0 amide bonds. The zero-order chi connectivity index (χ0) is 12.4. The molecular formula is C12H8BrF2NO. The van der Waals surface area contributed by atoms with Crippen molar-refractivity contribution in [3.63, 3.8) is 0 Å². The second-order valence-electron chi connectivity index (χ2n) is 3.48. The number of rotatable bonds is 2. The van der Waals surface area contributed by atoms with Crippen molar-refractivity contribution in [1.29, 1.82) is 0 Å². The smallest absolute Gasteiger partial charge is 0.164 e. The van der Waals surface area contributed by atoms with Gasteiger partial charge in [-0.05, 0) is 28.1 Å². The highest BCUT2D eigenvalue weighted by atomic mass is 79.9. The molecule has 5 heteroatoms. The molecule has 0 saturated heterocycles. The van der Waals surface area contributed by atoms with Crippen molar-refractivity contribution in [3.05, 3.63) is 63.9 Å². The van der Waals surface area contributed by atoms with E-state index in [9.17, 15) is 13.9 Å². The molecular weight excluding hydrogens is 292 g/mol. The van der Waals surface area contributed by atoms with Gasteiger partial charge in [0.2, 0.25) is 0 Å². The molecule has 0 aliphatic rings. The first-order chi connectivity index (χ1) is 8.09. The third-order valence-electron chi connectivity index (χ3n) is 2.32. The second-order valence-corrected chi connectivity index (χ2v) is 4.40. The van der Waals surface area contributed by atoms with Gasteiger partial charge in [-0.3, -0.25) is 4.98 Å². The van der Waals surface area contributed by atoms with Gasteiger partial charge in [0.25, 0.3) is 0 Å². The summed E-state index contributed by atoms with van der Waals surface area (Å²) in [6.45, 7) is 0. The van der Waals surface area contributed by atoms with Crippen molar-refractivity contribution in [2.45, 2.75) is 6.10 Å². The first-order valence-corrected chi connectivity index (χ1v) is 5.61. The number of hydrogen-bond acceptors (Lipinski definition) is 2. The van der Waals surface area contributed by atoms with E-state index in [1.54, 1.807) is 6.07 Å². The lowest BCUT2D eigenvalue weighted by Crippen LogP contribution is -2.04. The number of aromatic nitrogens is 1. The molecule has 2 nitrogen and oxygen atoms in total. The predicted molar refractivity (Wildman–Crippen MR) is 62.4 cm³/mol. The number of benzene rings is 1.